The van der Waals surface area contributed by atoms with Crippen molar-refractivity contribution in [1.29, 1.82) is 0 Å². The van der Waals surface area contributed by atoms with Gasteiger partial charge in [-0.05, 0) is 6.42 Å². The summed E-state index contributed by atoms with van der Waals surface area (Å²) in [5.41, 5.74) is 0. The van der Waals surface area contributed by atoms with E-state index in [-0.39, 0.29) is 12.3 Å². The van der Waals surface area contributed by atoms with E-state index in [9.17, 15) is 19.7 Å². The van der Waals surface area contributed by atoms with E-state index in [1.807, 2.05) is 0 Å². The summed E-state index contributed by atoms with van der Waals surface area (Å²) in [7, 11) is -3.38. The zero-order chi connectivity index (χ0) is 16.6. The molecule has 0 saturated carbocycles. The van der Waals surface area contributed by atoms with Gasteiger partial charge in [0.25, 0.3) is 0 Å². The van der Waals surface area contributed by atoms with E-state index in [0.29, 0.717) is 6.42 Å². The highest BCUT2D eigenvalue weighted by atomic mass is 31.2. The molecule has 5 atom stereocenters. The van der Waals surface area contributed by atoms with Crippen LogP contribution in [-0.4, -0.2) is 63.6 Å². The molecule has 0 aromatic rings. The Morgan fingerprint density at radius 2 is 1.50 bits per heavy atom. The van der Waals surface area contributed by atoms with Gasteiger partial charge >= 0.3 is 0 Å². The van der Waals surface area contributed by atoms with Crippen LogP contribution in [-0.2, 0) is 9.30 Å². The van der Waals surface area contributed by atoms with Crippen LogP contribution < -0.4 is 0 Å². The smallest absolute Gasteiger partial charge is 0.203 e. The number of hydrogen-bond acceptors (Lipinski definition) is 5. The van der Waals surface area contributed by atoms with Crippen molar-refractivity contribution < 1.29 is 29.5 Å². The van der Waals surface area contributed by atoms with E-state index in [4.69, 9.17) is 9.84 Å². The van der Waals surface area contributed by atoms with Gasteiger partial charge in [-0.25, -0.2) is 0 Å². The minimum atomic E-state index is -3.38. The quantitative estimate of drug-likeness (QED) is 0.336. The molecular formula is C15H31O6P. The lowest BCUT2D eigenvalue weighted by Gasteiger charge is -2.18. The topological polar surface area (TPSA) is 107 Å². The predicted molar refractivity (Wildman–Crippen MR) is 85.3 cm³/mol. The van der Waals surface area contributed by atoms with Gasteiger partial charge in [-0.2, -0.15) is 0 Å². The normalized spacial score (nSPS) is 31.3. The van der Waals surface area contributed by atoms with Gasteiger partial charge in [-0.1, -0.05) is 45.4 Å². The summed E-state index contributed by atoms with van der Waals surface area (Å²) in [6.07, 6.45) is 3.40. The van der Waals surface area contributed by atoms with Crippen molar-refractivity contribution in [3.63, 3.8) is 0 Å². The third kappa shape index (κ3) is 6.65. The van der Waals surface area contributed by atoms with Gasteiger partial charge in [-0.15, -0.1) is 0 Å². The zero-order valence-electron chi connectivity index (χ0n) is 13.4. The van der Waals surface area contributed by atoms with Crippen LogP contribution in [0.15, 0.2) is 0 Å². The number of aliphatic hydroxyl groups excluding tert-OH is 3. The largest absolute Gasteiger partial charge is 0.394 e. The van der Waals surface area contributed by atoms with E-state index in [1.54, 1.807) is 0 Å². The van der Waals surface area contributed by atoms with Crippen molar-refractivity contribution in [3.8, 4) is 0 Å². The highest BCUT2D eigenvalue weighted by Gasteiger charge is 2.44. The molecule has 1 fully saturated rings. The lowest BCUT2D eigenvalue weighted by Crippen LogP contribution is -2.34. The third-order valence-corrected chi connectivity index (χ3v) is 6.16. The molecule has 22 heavy (non-hydrogen) atoms. The number of rotatable bonds is 11. The molecule has 4 N–H and O–H groups in total. The minimum Gasteiger partial charge on any atom is -0.394 e. The van der Waals surface area contributed by atoms with E-state index >= 15 is 0 Å². The second-order valence-corrected chi connectivity index (χ2v) is 8.76. The molecule has 1 heterocycles. The first kappa shape index (κ1) is 20.1. The Hall–Kier alpha value is 0.0300. The maximum absolute atomic E-state index is 12.2. The van der Waals surface area contributed by atoms with Gasteiger partial charge in [0.2, 0.25) is 7.37 Å². The SMILES string of the molecule is CCCCCCCCCP(=O)(O)CC1OC(CO)C(O)C1O. The Bertz CT molecular complexity index is 351. The Labute approximate surface area is 133 Å². The van der Waals surface area contributed by atoms with Gasteiger partial charge in [0, 0.05) is 6.16 Å². The van der Waals surface area contributed by atoms with Crippen LogP contribution in [0.4, 0.5) is 0 Å². The fourth-order valence-electron chi connectivity index (χ4n) is 2.82. The van der Waals surface area contributed by atoms with Gasteiger partial charge < -0.3 is 24.9 Å². The van der Waals surface area contributed by atoms with Crippen LogP contribution in [0.1, 0.15) is 51.9 Å². The molecule has 0 aromatic heterocycles. The standard InChI is InChI=1S/C15H31O6P/c1-2-3-4-5-6-7-8-9-22(19,20)11-13-15(18)14(17)12(10-16)21-13/h12-18H,2-11H2,1H3,(H,19,20). The Morgan fingerprint density at radius 3 is 2.05 bits per heavy atom. The summed E-state index contributed by atoms with van der Waals surface area (Å²) in [4.78, 5) is 10.00. The first-order valence-corrected chi connectivity index (χ1v) is 10.4. The summed E-state index contributed by atoms with van der Waals surface area (Å²) in [6.45, 7) is 1.75. The highest BCUT2D eigenvalue weighted by Crippen LogP contribution is 2.44. The molecule has 6 nitrogen and oxygen atoms in total. The molecule has 0 bridgehead atoms. The average molecular weight is 338 g/mol. The van der Waals surface area contributed by atoms with Crippen LogP contribution in [0, 0.1) is 0 Å². The van der Waals surface area contributed by atoms with Crippen molar-refractivity contribution in [2.45, 2.75) is 76.3 Å². The Balaban J connectivity index is 2.25. The van der Waals surface area contributed by atoms with E-state index in [1.165, 1.54) is 25.7 Å². The van der Waals surface area contributed by atoms with Crippen molar-refractivity contribution in [2.24, 2.45) is 0 Å². The highest BCUT2D eigenvalue weighted by molar-refractivity contribution is 7.58. The minimum absolute atomic E-state index is 0.169. The fraction of sp³-hybridized carbons (Fsp3) is 1.00. The molecule has 5 unspecified atom stereocenters. The average Bonchev–Trinajstić information content (AvgIpc) is 2.73. The molecule has 1 saturated heterocycles. The monoisotopic (exact) mass is 338 g/mol. The molecule has 0 spiro atoms. The summed E-state index contributed by atoms with van der Waals surface area (Å²) in [6, 6.07) is 0. The predicted octanol–water partition coefficient (Wildman–Crippen LogP) is 1.49. The zero-order valence-corrected chi connectivity index (χ0v) is 14.3. The molecule has 1 rings (SSSR count). The van der Waals surface area contributed by atoms with Gasteiger partial charge in [0.1, 0.15) is 18.3 Å². The molecule has 0 radical (unpaired) electrons. The van der Waals surface area contributed by atoms with Crippen LogP contribution in [0.3, 0.4) is 0 Å². The second kappa shape index (κ2) is 10.0. The third-order valence-electron chi connectivity index (χ3n) is 4.22. The van der Waals surface area contributed by atoms with E-state index in [2.05, 4.69) is 6.92 Å². The Morgan fingerprint density at radius 1 is 0.955 bits per heavy atom. The van der Waals surface area contributed by atoms with Crippen LogP contribution in [0.5, 0.6) is 0 Å². The maximum Gasteiger partial charge on any atom is 0.203 e. The molecule has 0 aliphatic carbocycles. The summed E-state index contributed by atoms with van der Waals surface area (Å²) in [5.74, 6) is 0. The fourth-order valence-corrected chi connectivity index (χ4v) is 4.58. The maximum atomic E-state index is 12.2. The summed E-state index contributed by atoms with van der Waals surface area (Å²) < 4.78 is 17.4. The first-order chi connectivity index (χ1) is 10.4. The molecule has 132 valence electrons. The summed E-state index contributed by atoms with van der Waals surface area (Å²) in [5, 5.41) is 28.4. The molecule has 7 heteroatoms. The van der Waals surface area contributed by atoms with Crippen LogP contribution in [0.2, 0.25) is 0 Å². The summed E-state index contributed by atoms with van der Waals surface area (Å²) >= 11 is 0. The van der Waals surface area contributed by atoms with Gasteiger partial charge in [-0.3, -0.25) is 4.57 Å². The Kier molecular flexibility index (Phi) is 9.14. The molecule has 0 amide bonds. The van der Waals surface area contributed by atoms with Crippen LogP contribution in [0.25, 0.3) is 0 Å². The molecule has 0 aromatic carbocycles. The number of ether oxygens (including phenoxy) is 1. The second-order valence-electron chi connectivity index (χ2n) is 6.25. The molecule has 1 aliphatic rings. The van der Waals surface area contributed by atoms with Crippen molar-refractivity contribution in [3.05, 3.63) is 0 Å². The van der Waals surface area contributed by atoms with Crippen molar-refractivity contribution in [1.82, 2.24) is 0 Å². The number of aliphatic hydroxyl groups is 3. The lowest BCUT2D eigenvalue weighted by molar-refractivity contribution is -0.0168. The van der Waals surface area contributed by atoms with Crippen LogP contribution >= 0.6 is 7.37 Å². The van der Waals surface area contributed by atoms with Gasteiger partial charge in [0.15, 0.2) is 0 Å². The number of hydrogen-bond donors (Lipinski definition) is 4. The number of unbranched alkanes of at least 4 members (excludes halogenated alkanes) is 6. The van der Waals surface area contributed by atoms with Crippen molar-refractivity contribution in [2.75, 3.05) is 18.9 Å². The molecule has 1 aliphatic heterocycles. The van der Waals surface area contributed by atoms with E-state index in [0.717, 1.165) is 12.8 Å². The lowest BCUT2D eigenvalue weighted by atomic mass is 10.1. The first-order valence-electron chi connectivity index (χ1n) is 8.34. The van der Waals surface area contributed by atoms with Crippen molar-refractivity contribution >= 4 is 7.37 Å². The van der Waals surface area contributed by atoms with Gasteiger partial charge in [0.05, 0.1) is 18.9 Å². The van der Waals surface area contributed by atoms with E-state index < -0.39 is 38.4 Å². The molecular weight excluding hydrogens is 307 g/mol.